The average molecular weight is 370 g/mol. The minimum atomic E-state index is -0.335. The normalized spacial score (nSPS) is 21.0. The number of likely N-dealkylation sites (tertiary alicyclic amines) is 1. The van der Waals surface area contributed by atoms with Gasteiger partial charge in [-0.1, -0.05) is 43.7 Å². The summed E-state index contributed by atoms with van der Waals surface area (Å²) in [6.07, 6.45) is 3.36. The van der Waals surface area contributed by atoms with Gasteiger partial charge in [-0.2, -0.15) is 0 Å². The maximum absolute atomic E-state index is 13.1. The molecule has 1 atom stereocenters. The molecule has 2 fully saturated rings. The predicted molar refractivity (Wildman–Crippen MR) is 106 cm³/mol. The molecule has 3 rings (SSSR count). The van der Waals surface area contributed by atoms with E-state index in [9.17, 15) is 9.59 Å². The minimum absolute atomic E-state index is 0.0524. The molecule has 146 valence electrons. The summed E-state index contributed by atoms with van der Waals surface area (Å²) >= 11 is 0. The molecule has 1 aromatic carbocycles. The van der Waals surface area contributed by atoms with Crippen LogP contribution < -0.4 is 0 Å². The van der Waals surface area contributed by atoms with Gasteiger partial charge >= 0.3 is 0 Å². The van der Waals surface area contributed by atoms with Crippen LogP contribution in [0.2, 0.25) is 0 Å². The van der Waals surface area contributed by atoms with Gasteiger partial charge in [-0.05, 0) is 36.8 Å². The van der Waals surface area contributed by atoms with Gasteiger partial charge in [0, 0.05) is 25.7 Å². The Labute approximate surface area is 162 Å². The number of hydrogen-bond donors (Lipinski definition) is 0. The Bertz CT molecular complexity index is 703. The molecule has 0 radical (unpaired) electrons. The first-order valence-electron chi connectivity index (χ1n) is 9.93. The number of morpholine rings is 1. The van der Waals surface area contributed by atoms with Gasteiger partial charge in [-0.3, -0.25) is 9.59 Å². The largest absolute Gasteiger partial charge is 0.378 e. The van der Waals surface area contributed by atoms with Gasteiger partial charge in [0.15, 0.2) is 0 Å². The maximum Gasteiger partial charge on any atom is 0.247 e. The molecule has 0 aliphatic carbocycles. The summed E-state index contributed by atoms with van der Waals surface area (Å²) in [5.41, 5.74) is 3.28. The fraction of sp³-hybridized carbons (Fsp3) is 0.545. The summed E-state index contributed by atoms with van der Waals surface area (Å²) in [5, 5.41) is 0. The van der Waals surface area contributed by atoms with Crippen LogP contribution in [0.3, 0.4) is 0 Å². The predicted octanol–water partition coefficient (Wildman–Crippen LogP) is 2.88. The number of hydrogen-bond acceptors (Lipinski definition) is 3. The smallest absolute Gasteiger partial charge is 0.247 e. The number of allylic oxidation sites excluding steroid dienone is 1. The Hall–Kier alpha value is -2.14. The van der Waals surface area contributed by atoms with Crippen molar-refractivity contribution in [2.45, 2.75) is 39.7 Å². The fourth-order valence-electron chi connectivity index (χ4n) is 3.83. The van der Waals surface area contributed by atoms with Crippen molar-refractivity contribution in [1.29, 1.82) is 0 Å². The Kier molecular flexibility index (Phi) is 6.32. The van der Waals surface area contributed by atoms with Crippen molar-refractivity contribution in [3.05, 3.63) is 41.5 Å². The molecular weight excluding hydrogens is 340 g/mol. The summed E-state index contributed by atoms with van der Waals surface area (Å²) in [6, 6.07) is 7.93. The number of amides is 2. The van der Waals surface area contributed by atoms with E-state index in [4.69, 9.17) is 4.74 Å². The Morgan fingerprint density at radius 3 is 2.41 bits per heavy atom. The van der Waals surface area contributed by atoms with Crippen LogP contribution in [0.15, 0.2) is 30.3 Å². The van der Waals surface area contributed by atoms with E-state index in [0.29, 0.717) is 32.8 Å². The van der Waals surface area contributed by atoms with Crippen LogP contribution >= 0.6 is 0 Å². The molecule has 0 saturated carbocycles. The van der Waals surface area contributed by atoms with Gasteiger partial charge in [0.05, 0.1) is 13.2 Å². The molecule has 5 nitrogen and oxygen atoms in total. The van der Waals surface area contributed by atoms with Crippen molar-refractivity contribution in [3.63, 3.8) is 0 Å². The van der Waals surface area contributed by atoms with E-state index in [1.807, 2.05) is 4.90 Å². The fourth-order valence-corrected chi connectivity index (χ4v) is 3.83. The van der Waals surface area contributed by atoms with Crippen LogP contribution in [0.4, 0.5) is 0 Å². The van der Waals surface area contributed by atoms with E-state index < -0.39 is 0 Å². The van der Waals surface area contributed by atoms with Crippen LogP contribution in [0.1, 0.15) is 37.8 Å². The van der Waals surface area contributed by atoms with Crippen molar-refractivity contribution < 1.29 is 14.3 Å². The number of ether oxygens (including phenoxy) is 1. The van der Waals surface area contributed by atoms with Gasteiger partial charge in [-0.25, -0.2) is 0 Å². The van der Waals surface area contributed by atoms with Crippen molar-refractivity contribution >= 4 is 17.4 Å². The maximum atomic E-state index is 13.1. The standard InChI is InChI=1S/C22H30N2O3/c1-16(2)19(18-8-6-17(3)7-9-18)15-21(25)24-10-4-5-20(24)22(26)23-11-13-27-14-12-23/h6-9,15-16,20H,4-5,10-14H2,1-3H3/b19-15+. The Morgan fingerprint density at radius 1 is 1.11 bits per heavy atom. The van der Waals surface area contributed by atoms with Gasteiger partial charge in [0.1, 0.15) is 6.04 Å². The average Bonchev–Trinajstić information content (AvgIpc) is 3.16. The molecule has 27 heavy (non-hydrogen) atoms. The lowest BCUT2D eigenvalue weighted by Crippen LogP contribution is -2.50. The highest BCUT2D eigenvalue weighted by atomic mass is 16.5. The van der Waals surface area contributed by atoms with Gasteiger partial charge in [0.2, 0.25) is 11.8 Å². The van der Waals surface area contributed by atoms with Crippen LogP contribution in [-0.2, 0) is 14.3 Å². The van der Waals surface area contributed by atoms with Crippen molar-refractivity contribution in [2.24, 2.45) is 5.92 Å². The molecular formula is C22H30N2O3. The number of carbonyl (C=O) groups excluding carboxylic acids is 2. The lowest BCUT2D eigenvalue weighted by atomic mass is 9.94. The van der Waals surface area contributed by atoms with E-state index in [-0.39, 0.29) is 23.8 Å². The zero-order valence-electron chi connectivity index (χ0n) is 16.6. The molecule has 2 heterocycles. The molecule has 2 amide bonds. The number of carbonyl (C=O) groups is 2. The molecule has 0 bridgehead atoms. The third kappa shape index (κ3) is 4.59. The number of benzene rings is 1. The second-order valence-electron chi connectivity index (χ2n) is 7.75. The highest BCUT2D eigenvalue weighted by molar-refractivity contribution is 5.98. The number of rotatable bonds is 4. The van der Waals surface area contributed by atoms with E-state index in [0.717, 1.165) is 24.0 Å². The summed E-state index contributed by atoms with van der Waals surface area (Å²) in [6.45, 7) is 9.30. The summed E-state index contributed by atoms with van der Waals surface area (Å²) in [4.78, 5) is 29.5. The molecule has 1 aromatic rings. The zero-order valence-corrected chi connectivity index (χ0v) is 16.6. The van der Waals surface area contributed by atoms with Gasteiger partial charge in [0.25, 0.3) is 0 Å². The quantitative estimate of drug-likeness (QED) is 0.766. The first-order chi connectivity index (χ1) is 13.0. The van der Waals surface area contributed by atoms with Crippen molar-refractivity contribution in [3.8, 4) is 0 Å². The van der Waals surface area contributed by atoms with E-state index in [1.54, 1.807) is 11.0 Å². The van der Waals surface area contributed by atoms with Crippen LogP contribution in [-0.4, -0.2) is 60.5 Å². The first kappa shape index (κ1) is 19.6. The topological polar surface area (TPSA) is 49.9 Å². The highest BCUT2D eigenvalue weighted by Crippen LogP contribution is 2.26. The second-order valence-corrected chi connectivity index (χ2v) is 7.75. The molecule has 1 unspecified atom stereocenters. The van der Waals surface area contributed by atoms with E-state index >= 15 is 0 Å². The Morgan fingerprint density at radius 2 is 1.78 bits per heavy atom. The van der Waals surface area contributed by atoms with Gasteiger partial charge < -0.3 is 14.5 Å². The van der Waals surface area contributed by atoms with Crippen molar-refractivity contribution in [1.82, 2.24) is 9.80 Å². The zero-order chi connectivity index (χ0) is 19.4. The van der Waals surface area contributed by atoms with Crippen LogP contribution in [0.25, 0.3) is 5.57 Å². The molecule has 2 saturated heterocycles. The molecule has 5 heteroatoms. The van der Waals surface area contributed by atoms with Crippen molar-refractivity contribution in [2.75, 3.05) is 32.8 Å². The van der Waals surface area contributed by atoms with Crippen LogP contribution in [0.5, 0.6) is 0 Å². The summed E-state index contributed by atoms with van der Waals surface area (Å²) in [5.74, 6) is 0.245. The van der Waals surface area contributed by atoms with E-state index in [1.165, 1.54) is 5.56 Å². The molecule has 2 aliphatic heterocycles. The number of aryl methyl sites for hydroxylation is 1. The SMILES string of the molecule is Cc1ccc(/C(=C/C(=O)N2CCCC2C(=O)N2CCOCC2)C(C)C)cc1. The van der Waals surface area contributed by atoms with Gasteiger partial charge in [-0.15, -0.1) is 0 Å². The lowest BCUT2D eigenvalue weighted by Gasteiger charge is -2.32. The second kappa shape index (κ2) is 8.70. The first-order valence-corrected chi connectivity index (χ1v) is 9.93. The highest BCUT2D eigenvalue weighted by Gasteiger charge is 2.36. The lowest BCUT2D eigenvalue weighted by molar-refractivity contribution is -0.144. The monoisotopic (exact) mass is 370 g/mol. The summed E-state index contributed by atoms with van der Waals surface area (Å²) in [7, 11) is 0. The minimum Gasteiger partial charge on any atom is -0.378 e. The van der Waals surface area contributed by atoms with E-state index in [2.05, 4.69) is 45.0 Å². The molecule has 0 N–H and O–H groups in total. The summed E-state index contributed by atoms with van der Waals surface area (Å²) < 4.78 is 5.34. The third-order valence-electron chi connectivity index (χ3n) is 5.43. The third-order valence-corrected chi connectivity index (χ3v) is 5.43. The molecule has 2 aliphatic rings. The Balaban J connectivity index is 1.78. The molecule has 0 spiro atoms. The number of nitrogens with zero attached hydrogens (tertiary/aromatic N) is 2. The van der Waals surface area contributed by atoms with Crippen LogP contribution in [0, 0.1) is 12.8 Å². The molecule has 0 aromatic heterocycles.